The van der Waals surface area contributed by atoms with Gasteiger partial charge in [-0.1, -0.05) is 36.0 Å². The molecule has 0 fully saturated rings. The predicted molar refractivity (Wildman–Crippen MR) is 80.5 cm³/mol. The third-order valence-electron chi connectivity index (χ3n) is 3.06. The van der Waals surface area contributed by atoms with E-state index in [0.717, 1.165) is 16.6 Å². The number of nitrogens with one attached hydrogen (secondary N) is 1. The summed E-state index contributed by atoms with van der Waals surface area (Å²) in [6, 6.07) is 10.7. The SMILES string of the molecule is CNC(CSc1nccc(C)n1)c1ccccc1C. The van der Waals surface area contributed by atoms with Crippen molar-refractivity contribution in [3.05, 3.63) is 53.3 Å². The summed E-state index contributed by atoms with van der Waals surface area (Å²) in [5.41, 5.74) is 3.66. The van der Waals surface area contributed by atoms with Gasteiger partial charge in [0.05, 0.1) is 0 Å². The van der Waals surface area contributed by atoms with E-state index in [1.54, 1.807) is 11.8 Å². The largest absolute Gasteiger partial charge is 0.312 e. The summed E-state index contributed by atoms with van der Waals surface area (Å²) >= 11 is 1.69. The molecule has 2 aromatic rings. The van der Waals surface area contributed by atoms with Crippen LogP contribution in [0.25, 0.3) is 0 Å². The van der Waals surface area contributed by atoms with E-state index in [1.807, 2.05) is 26.2 Å². The van der Waals surface area contributed by atoms with Crippen LogP contribution in [0, 0.1) is 13.8 Å². The quantitative estimate of drug-likeness (QED) is 0.671. The Kier molecular flexibility index (Phi) is 4.93. The summed E-state index contributed by atoms with van der Waals surface area (Å²) in [6.07, 6.45) is 1.81. The third-order valence-corrected chi connectivity index (χ3v) is 4.02. The van der Waals surface area contributed by atoms with E-state index in [2.05, 4.69) is 46.5 Å². The molecule has 1 aromatic carbocycles. The van der Waals surface area contributed by atoms with Crippen LogP contribution in [0.15, 0.2) is 41.7 Å². The van der Waals surface area contributed by atoms with Crippen LogP contribution in [0.3, 0.4) is 0 Å². The van der Waals surface area contributed by atoms with Gasteiger partial charge in [0, 0.05) is 23.7 Å². The number of thioether (sulfide) groups is 1. The zero-order valence-corrected chi connectivity index (χ0v) is 12.4. The van der Waals surface area contributed by atoms with Crippen LogP contribution in [0.4, 0.5) is 0 Å². The van der Waals surface area contributed by atoms with Gasteiger partial charge in [-0.25, -0.2) is 9.97 Å². The van der Waals surface area contributed by atoms with Crippen LogP contribution in [-0.2, 0) is 0 Å². The first-order valence-electron chi connectivity index (χ1n) is 6.36. The van der Waals surface area contributed by atoms with Gasteiger partial charge in [-0.05, 0) is 38.1 Å². The van der Waals surface area contributed by atoms with Crippen LogP contribution in [-0.4, -0.2) is 22.8 Å². The van der Waals surface area contributed by atoms with Crippen molar-refractivity contribution in [2.45, 2.75) is 25.0 Å². The lowest BCUT2D eigenvalue weighted by Crippen LogP contribution is -2.19. The Hall–Kier alpha value is -1.39. The summed E-state index contributed by atoms with van der Waals surface area (Å²) in [5.74, 6) is 0.921. The van der Waals surface area contributed by atoms with Crippen LogP contribution in [0.2, 0.25) is 0 Å². The third kappa shape index (κ3) is 3.78. The Balaban J connectivity index is 2.06. The molecule has 1 aromatic heterocycles. The Labute approximate surface area is 118 Å². The molecule has 3 nitrogen and oxygen atoms in total. The van der Waals surface area contributed by atoms with Gasteiger partial charge in [0.2, 0.25) is 0 Å². The molecule has 0 aliphatic heterocycles. The fourth-order valence-corrected chi connectivity index (χ4v) is 2.97. The maximum absolute atomic E-state index is 4.42. The van der Waals surface area contributed by atoms with E-state index in [9.17, 15) is 0 Å². The molecule has 100 valence electrons. The molecule has 0 saturated heterocycles. The van der Waals surface area contributed by atoms with E-state index >= 15 is 0 Å². The highest BCUT2D eigenvalue weighted by Crippen LogP contribution is 2.24. The number of hydrogen-bond acceptors (Lipinski definition) is 4. The molecular weight excluding hydrogens is 254 g/mol. The molecule has 4 heteroatoms. The monoisotopic (exact) mass is 273 g/mol. The van der Waals surface area contributed by atoms with E-state index in [-0.39, 0.29) is 0 Å². The standard InChI is InChI=1S/C15H19N3S/c1-11-6-4-5-7-13(11)14(16-3)10-19-15-17-9-8-12(2)18-15/h4-9,14,16H,10H2,1-3H3. The summed E-state index contributed by atoms with van der Waals surface area (Å²) in [5, 5.41) is 4.21. The van der Waals surface area contributed by atoms with E-state index in [1.165, 1.54) is 11.1 Å². The van der Waals surface area contributed by atoms with E-state index in [0.29, 0.717) is 6.04 Å². The molecule has 0 bridgehead atoms. The Morgan fingerprint density at radius 3 is 2.68 bits per heavy atom. The van der Waals surface area contributed by atoms with Crippen molar-refractivity contribution in [3.8, 4) is 0 Å². The number of rotatable bonds is 5. The van der Waals surface area contributed by atoms with Crippen molar-refractivity contribution < 1.29 is 0 Å². The van der Waals surface area contributed by atoms with Crippen LogP contribution in [0.5, 0.6) is 0 Å². The van der Waals surface area contributed by atoms with Crippen molar-refractivity contribution in [2.75, 3.05) is 12.8 Å². The highest BCUT2D eigenvalue weighted by molar-refractivity contribution is 7.99. The maximum Gasteiger partial charge on any atom is 0.187 e. The van der Waals surface area contributed by atoms with Crippen molar-refractivity contribution in [1.82, 2.24) is 15.3 Å². The van der Waals surface area contributed by atoms with Gasteiger partial charge in [-0.15, -0.1) is 0 Å². The number of aromatic nitrogens is 2. The minimum absolute atomic E-state index is 0.315. The second-order valence-electron chi connectivity index (χ2n) is 4.49. The molecule has 0 spiro atoms. The predicted octanol–water partition coefficient (Wildman–Crippen LogP) is 3.15. The fourth-order valence-electron chi connectivity index (χ4n) is 1.96. The molecule has 0 aliphatic rings. The zero-order valence-electron chi connectivity index (χ0n) is 11.6. The number of aryl methyl sites for hydroxylation is 2. The second-order valence-corrected chi connectivity index (χ2v) is 5.48. The molecule has 2 rings (SSSR count). The van der Waals surface area contributed by atoms with E-state index < -0.39 is 0 Å². The summed E-state index contributed by atoms with van der Waals surface area (Å²) in [6.45, 7) is 4.14. The summed E-state index contributed by atoms with van der Waals surface area (Å²) in [4.78, 5) is 8.71. The Morgan fingerprint density at radius 2 is 2.00 bits per heavy atom. The van der Waals surface area contributed by atoms with Gasteiger partial charge in [0.1, 0.15) is 0 Å². The molecule has 19 heavy (non-hydrogen) atoms. The van der Waals surface area contributed by atoms with Crippen LogP contribution >= 0.6 is 11.8 Å². The average Bonchev–Trinajstić information content (AvgIpc) is 2.41. The Morgan fingerprint density at radius 1 is 1.21 bits per heavy atom. The Bertz CT molecular complexity index is 542. The van der Waals surface area contributed by atoms with E-state index in [4.69, 9.17) is 0 Å². The number of benzene rings is 1. The van der Waals surface area contributed by atoms with Gasteiger partial charge in [0.25, 0.3) is 0 Å². The lowest BCUT2D eigenvalue weighted by molar-refractivity contribution is 0.657. The summed E-state index contributed by atoms with van der Waals surface area (Å²) in [7, 11) is 1.99. The molecule has 1 heterocycles. The molecule has 1 N–H and O–H groups in total. The molecular formula is C15H19N3S. The lowest BCUT2D eigenvalue weighted by atomic mass is 10.0. The second kappa shape index (κ2) is 6.68. The first-order valence-corrected chi connectivity index (χ1v) is 7.34. The number of nitrogens with zero attached hydrogens (tertiary/aromatic N) is 2. The van der Waals surface area contributed by atoms with Gasteiger partial charge in [0.15, 0.2) is 5.16 Å². The topological polar surface area (TPSA) is 37.8 Å². The van der Waals surface area contributed by atoms with Gasteiger partial charge in [-0.2, -0.15) is 0 Å². The fraction of sp³-hybridized carbons (Fsp3) is 0.333. The molecule has 0 saturated carbocycles. The first kappa shape index (κ1) is 14.0. The van der Waals surface area contributed by atoms with Crippen molar-refractivity contribution in [3.63, 3.8) is 0 Å². The van der Waals surface area contributed by atoms with Crippen molar-refractivity contribution in [1.29, 1.82) is 0 Å². The molecule has 0 amide bonds. The first-order chi connectivity index (χ1) is 9.20. The van der Waals surface area contributed by atoms with Crippen LogP contribution < -0.4 is 5.32 Å². The molecule has 1 atom stereocenters. The normalized spacial score (nSPS) is 12.4. The van der Waals surface area contributed by atoms with Crippen molar-refractivity contribution in [2.24, 2.45) is 0 Å². The average molecular weight is 273 g/mol. The molecule has 0 aliphatic carbocycles. The highest BCUT2D eigenvalue weighted by Gasteiger charge is 2.12. The van der Waals surface area contributed by atoms with Gasteiger partial charge < -0.3 is 5.32 Å². The molecule has 1 unspecified atom stereocenters. The highest BCUT2D eigenvalue weighted by atomic mass is 32.2. The van der Waals surface area contributed by atoms with Gasteiger partial charge >= 0.3 is 0 Å². The van der Waals surface area contributed by atoms with Crippen molar-refractivity contribution >= 4 is 11.8 Å². The van der Waals surface area contributed by atoms with Crippen LogP contribution in [0.1, 0.15) is 22.9 Å². The number of hydrogen-bond donors (Lipinski definition) is 1. The minimum Gasteiger partial charge on any atom is -0.312 e. The zero-order chi connectivity index (χ0) is 13.7. The maximum atomic E-state index is 4.42. The molecule has 0 radical (unpaired) electrons. The minimum atomic E-state index is 0.315. The summed E-state index contributed by atoms with van der Waals surface area (Å²) < 4.78 is 0. The lowest BCUT2D eigenvalue weighted by Gasteiger charge is -2.18. The smallest absolute Gasteiger partial charge is 0.187 e. The van der Waals surface area contributed by atoms with Gasteiger partial charge in [-0.3, -0.25) is 0 Å².